The Morgan fingerprint density at radius 2 is 1.88 bits per heavy atom. The second-order valence-electron chi connectivity index (χ2n) is 8.57. The van der Waals surface area contributed by atoms with E-state index in [0.29, 0.717) is 16.8 Å². The highest BCUT2D eigenvalue weighted by atomic mass is 19.1. The molecule has 3 atom stereocenters. The van der Waals surface area contributed by atoms with Crippen molar-refractivity contribution in [3.63, 3.8) is 0 Å². The Hall–Kier alpha value is -3.69. The van der Waals surface area contributed by atoms with Crippen molar-refractivity contribution in [3.05, 3.63) is 65.2 Å². The number of hydrogen-bond acceptors (Lipinski definition) is 5. The third kappa shape index (κ3) is 5.11. The summed E-state index contributed by atoms with van der Waals surface area (Å²) in [5, 5.41) is 17.3. The molecule has 0 radical (unpaired) electrons. The van der Waals surface area contributed by atoms with Gasteiger partial charge in [0.2, 0.25) is 17.8 Å². The zero-order chi connectivity index (χ0) is 24.2. The maximum atomic E-state index is 14.7. The normalized spacial score (nSPS) is 20.5. The molecule has 2 heterocycles. The Labute approximate surface area is 196 Å². The van der Waals surface area contributed by atoms with Crippen LogP contribution >= 0.6 is 0 Å². The molecule has 1 aromatic heterocycles. The quantitative estimate of drug-likeness (QED) is 0.298. The largest absolute Gasteiger partial charge is 0.342 e. The van der Waals surface area contributed by atoms with Crippen LogP contribution in [0.15, 0.2) is 42.5 Å². The van der Waals surface area contributed by atoms with Gasteiger partial charge in [-0.25, -0.2) is 9.37 Å². The molecule has 10 heteroatoms. The number of rotatable bonds is 9. The lowest BCUT2D eigenvalue weighted by Gasteiger charge is -2.27. The summed E-state index contributed by atoms with van der Waals surface area (Å²) in [4.78, 5) is 32.2. The van der Waals surface area contributed by atoms with E-state index in [2.05, 4.69) is 10.3 Å². The Bertz CT molecular complexity index is 1070. The van der Waals surface area contributed by atoms with Gasteiger partial charge in [-0.2, -0.15) is 4.39 Å². The molecule has 8 nitrogen and oxygen atoms in total. The summed E-state index contributed by atoms with van der Waals surface area (Å²) in [6, 6.07) is 10.5. The number of likely N-dealkylation sites (tertiary alicyclic amines) is 1. The Morgan fingerprint density at radius 1 is 1.18 bits per heavy atom. The molecule has 3 N–H and O–H groups in total. The first-order valence-electron chi connectivity index (χ1n) is 11.1. The van der Waals surface area contributed by atoms with Gasteiger partial charge in [0.25, 0.3) is 0 Å². The molecular weight excluding hydrogens is 442 g/mol. The van der Waals surface area contributed by atoms with E-state index in [9.17, 15) is 18.4 Å². The van der Waals surface area contributed by atoms with Crippen LogP contribution in [0.2, 0.25) is 0 Å². The van der Waals surface area contributed by atoms with Crippen LogP contribution in [0.3, 0.4) is 0 Å². The van der Waals surface area contributed by atoms with E-state index in [1.807, 2.05) is 6.07 Å². The van der Waals surface area contributed by atoms with Gasteiger partial charge in [-0.3, -0.25) is 20.4 Å². The molecule has 1 aliphatic carbocycles. The van der Waals surface area contributed by atoms with E-state index in [4.69, 9.17) is 10.8 Å². The van der Waals surface area contributed by atoms with Crippen molar-refractivity contribution in [3.8, 4) is 0 Å². The van der Waals surface area contributed by atoms with Crippen LogP contribution in [-0.2, 0) is 9.59 Å². The van der Waals surface area contributed by atoms with Crippen molar-refractivity contribution >= 4 is 24.5 Å². The highest BCUT2D eigenvalue weighted by Gasteiger charge is 2.41. The molecule has 34 heavy (non-hydrogen) atoms. The molecule has 2 aliphatic rings. The smallest absolute Gasteiger partial charge is 0.243 e. The summed E-state index contributed by atoms with van der Waals surface area (Å²) in [7, 11) is 0. The van der Waals surface area contributed by atoms with Crippen LogP contribution in [0.25, 0.3) is 0 Å². The van der Waals surface area contributed by atoms with Crippen LogP contribution in [0.4, 0.5) is 8.78 Å². The fraction of sp³-hybridized carbons (Fsp3) is 0.375. The van der Waals surface area contributed by atoms with E-state index in [-0.39, 0.29) is 25.4 Å². The molecule has 2 amide bonds. The fourth-order valence-corrected chi connectivity index (χ4v) is 4.22. The summed E-state index contributed by atoms with van der Waals surface area (Å²) in [5.41, 5.74) is 1.55. The molecule has 1 saturated carbocycles. The molecule has 178 valence electrons. The Kier molecular flexibility index (Phi) is 6.95. The van der Waals surface area contributed by atoms with E-state index < -0.39 is 36.0 Å². The van der Waals surface area contributed by atoms with Gasteiger partial charge < -0.3 is 15.1 Å². The summed E-state index contributed by atoms with van der Waals surface area (Å²) in [6.45, 7) is -0.596. The first-order chi connectivity index (χ1) is 16.4. The number of carbonyl (C=O) groups is 2. The maximum absolute atomic E-state index is 14.7. The molecule has 1 aromatic carbocycles. The molecular formula is C24H26F2N6O2. The zero-order valence-electron chi connectivity index (χ0n) is 18.5. The predicted octanol–water partition coefficient (Wildman–Crippen LogP) is 2.76. The predicted molar refractivity (Wildman–Crippen MR) is 122 cm³/mol. The number of nitrogens with zero attached hydrogens (tertiary/aromatic N) is 3. The van der Waals surface area contributed by atoms with Gasteiger partial charge in [0, 0.05) is 12.0 Å². The first-order valence-corrected chi connectivity index (χ1v) is 11.1. The van der Waals surface area contributed by atoms with E-state index in [0.717, 1.165) is 35.3 Å². The number of aromatic nitrogens is 1. The lowest BCUT2D eigenvalue weighted by Crippen LogP contribution is -2.49. The van der Waals surface area contributed by atoms with E-state index in [1.165, 1.54) is 0 Å². The second kappa shape index (κ2) is 10.1. The summed E-state index contributed by atoms with van der Waals surface area (Å²) >= 11 is 0. The third-order valence-electron chi connectivity index (χ3n) is 6.15. The fourth-order valence-electron chi connectivity index (χ4n) is 4.22. The Morgan fingerprint density at radius 3 is 2.50 bits per heavy atom. The van der Waals surface area contributed by atoms with Crippen molar-refractivity contribution in [1.82, 2.24) is 20.1 Å². The topological polar surface area (TPSA) is 113 Å². The number of pyridine rings is 1. The van der Waals surface area contributed by atoms with Gasteiger partial charge in [0.1, 0.15) is 18.8 Å². The zero-order valence-corrected chi connectivity index (χ0v) is 18.5. The minimum absolute atomic E-state index is 0.170. The highest BCUT2D eigenvalue weighted by molar-refractivity contribution is 5.91. The monoisotopic (exact) mass is 468 g/mol. The molecule has 0 spiro atoms. The van der Waals surface area contributed by atoms with Gasteiger partial charge in [-0.1, -0.05) is 36.4 Å². The molecule has 2 fully saturated rings. The number of carbonyl (C=O) groups excluding carboxylic acids is 2. The first kappa shape index (κ1) is 23.5. The molecule has 0 unspecified atom stereocenters. The number of benzene rings is 1. The van der Waals surface area contributed by atoms with Crippen molar-refractivity contribution in [2.45, 2.75) is 43.4 Å². The van der Waals surface area contributed by atoms with Gasteiger partial charge in [0.05, 0.1) is 31.0 Å². The van der Waals surface area contributed by atoms with E-state index >= 15 is 0 Å². The van der Waals surface area contributed by atoms with Crippen LogP contribution in [0.1, 0.15) is 48.0 Å². The maximum Gasteiger partial charge on any atom is 0.243 e. The average molecular weight is 469 g/mol. The number of amides is 2. The van der Waals surface area contributed by atoms with Crippen molar-refractivity contribution in [2.75, 3.05) is 13.1 Å². The third-order valence-corrected chi connectivity index (χ3v) is 6.15. The van der Waals surface area contributed by atoms with E-state index in [1.54, 1.807) is 36.4 Å². The number of alkyl halides is 1. The minimum atomic E-state index is -1.38. The second-order valence-corrected chi connectivity index (χ2v) is 8.57. The molecule has 2 aromatic rings. The van der Waals surface area contributed by atoms with Gasteiger partial charge in [-0.05, 0) is 30.4 Å². The minimum Gasteiger partial charge on any atom is -0.342 e. The van der Waals surface area contributed by atoms with Gasteiger partial charge in [-0.15, -0.1) is 0 Å². The van der Waals surface area contributed by atoms with Crippen molar-refractivity contribution in [1.29, 1.82) is 10.8 Å². The lowest BCUT2D eigenvalue weighted by atomic mass is 10.0. The molecule has 1 aliphatic heterocycles. The van der Waals surface area contributed by atoms with Crippen molar-refractivity contribution < 1.29 is 18.4 Å². The standard InChI is InChI=1S/C24H26F2N6O2/c25-17-10-20(32(11-17)21(33)12-31(13-27)14-28)24(34)30-22(16-4-2-1-3-5-16)19-9-8-18(15-6-7-15)23(26)29-19/h1-5,8-9,13-15,17,20,22,27-28H,6-7,10-12H2,(H,30,34)/t17-,20+,22+/m1/s1. The number of halogens is 2. The van der Waals surface area contributed by atoms with Crippen LogP contribution in [-0.4, -0.2) is 64.6 Å². The summed E-state index contributed by atoms with van der Waals surface area (Å²) in [5.74, 6) is -1.52. The SMILES string of the molecule is N=CN(C=N)CC(=O)N1C[C@H](F)C[C@H]1C(=O)N[C@@H](c1ccccc1)c1ccc(C2CC2)c(F)n1. The van der Waals surface area contributed by atoms with Crippen LogP contribution < -0.4 is 5.32 Å². The average Bonchev–Trinajstić information content (AvgIpc) is 3.61. The van der Waals surface area contributed by atoms with Gasteiger partial charge in [0.15, 0.2) is 0 Å². The highest BCUT2D eigenvalue weighted by Crippen LogP contribution is 2.41. The molecule has 1 saturated heterocycles. The van der Waals surface area contributed by atoms with Crippen LogP contribution in [0.5, 0.6) is 0 Å². The summed E-state index contributed by atoms with van der Waals surface area (Å²) < 4.78 is 29.0. The lowest BCUT2D eigenvalue weighted by molar-refractivity contribution is -0.138. The number of nitrogens with one attached hydrogen (secondary N) is 3. The molecule has 0 bridgehead atoms. The number of hydrogen-bond donors (Lipinski definition) is 3. The Balaban J connectivity index is 1.57. The van der Waals surface area contributed by atoms with Crippen molar-refractivity contribution in [2.24, 2.45) is 0 Å². The van der Waals surface area contributed by atoms with Crippen LogP contribution in [0, 0.1) is 16.8 Å². The molecule has 4 rings (SSSR count). The summed E-state index contributed by atoms with van der Waals surface area (Å²) in [6.07, 6.45) is 1.92. The van der Waals surface area contributed by atoms with Gasteiger partial charge >= 0.3 is 0 Å².